The summed E-state index contributed by atoms with van der Waals surface area (Å²) in [6, 6.07) is 51.9. The molecule has 8 aromatic carbocycles. The Morgan fingerprint density at radius 2 is 1.10 bits per heavy atom. The number of furan rings is 1. The molecule has 3 heterocycles. The van der Waals surface area contributed by atoms with E-state index in [1.807, 2.05) is 12.4 Å². The van der Waals surface area contributed by atoms with Gasteiger partial charge in [0, 0.05) is 55.8 Å². The number of nitrogens with zero attached hydrogens (tertiary/aromatic N) is 2. The first-order valence-electron chi connectivity index (χ1n) is 16.7. The van der Waals surface area contributed by atoms with Crippen LogP contribution in [-0.2, 0) is 0 Å². The zero-order valence-electron chi connectivity index (χ0n) is 26.3. The molecule has 0 amide bonds. The van der Waals surface area contributed by atoms with Crippen molar-refractivity contribution in [2.24, 2.45) is 0 Å². The molecule has 0 bridgehead atoms. The third-order valence-electron chi connectivity index (χ3n) is 10.3. The third kappa shape index (κ3) is 3.73. The van der Waals surface area contributed by atoms with Crippen LogP contribution in [0, 0.1) is 0 Å². The zero-order valence-corrected chi connectivity index (χ0v) is 26.3. The van der Waals surface area contributed by atoms with Crippen LogP contribution in [0.4, 0.5) is 0 Å². The van der Waals surface area contributed by atoms with E-state index in [0.29, 0.717) is 0 Å². The van der Waals surface area contributed by atoms with Crippen LogP contribution in [0.15, 0.2) is 162 Å². The number of fused-ring (bicyclic) bond motifs is 15. The highest BCUT2D eigenvalue weighted by Crippen LogP contribution is 2.45. The van der Waals surface area contributed by atoms with Crippen LogP contribution < -0.4 is 0 Å². The van der Waals surface area contributed by atoms with Gasteiger partial charge in [-0.2, -0.15) is 0 Å². The smallest absolute Gasteiger partial charge is 0.143 e. The van der Waals surface area contributed by atoms with Gasteiger partial charge in [-0.3, -0.25) is 4.98 Å². The highest BCUT2D eigenvalue weighted by atomic mass is 16.3. The lowest BCUT2D eigenvalue weighted by atomic mass is 9.92. The van der Waals surface area contributed by atoms with Crippen LogP contribution in [0.1, 0.15) is 0 Å². The van der Waals surface area contributed by atoms with E-state index in [1.165, 1.54) is 37.7 Å². The molecule has 3 nitrogen and oxygen atoms in total. The molecular weight excluding hydrogens is 597 g/mol. The van der Waals surface area contributed by atoms with E-state index in [2.05, 4.69) is 151 Å². The first kappa shape index (κ1) is 26.5. The Balaban J connectivity index is 1.23. The van der Waals surface area contributed by atoms with Gasteiger partial charge in [-0.05, 0) is 67.5 Å². The van der Waals surface area contributed by atoms with Gasteiger partial charge in [0.25, 0.3) is 0 Å². The fraction of sp³-hybridized carbons (Fsp3) is 0. The molecule has 3 heteroatoms. The lowest BCUT2D eigenvalue weighted by Gasteiger charge is -2.15. The van der Waals surface area contributed by atoms with Crippen LogP contribution in [0.3, 0.4) is 0 Å². The second kappa shape index (κ2) is 9.96. The summed E-state index contributed by atoms with van der Waals surface area (Å²) < 4.78 is 6.79. The van der Waals surface area contributed by atoms with Crippen LogP contribution in [-0.4, -0.2) is 9.97 Å². The lowest BCUT2D eigenvalue weighted by molar-refractivity contribution is 0.670. The molecule has 0 radical (unpaired) electrons. The van der Waals surface area contributed by atoms with Crippen molar-refractivity contribution in [3.63, 3.8) is 0 Å². The molecule has 0 saturated carbocycles. The van der Waals surface area contributed by atoms with Gasteiger partial charge in [0.05, 0.1) is 11.2 Å². The fourth-order valence-corrected chi connectivity index (χ4v) is 8.14. The molecule has 0 unspecified atom stereocenters. The van der Waals surface area contributed by atoms with Gasteiger partial charge in [0.2, 0.25) is 0 Å². The second-order valence-corrected chi connectivity index (χ2v) is 12.9. The molecule has 0 aliphatic heterocycles. The van der Waals surface area contributed by atoms with E-state index in [4.69, 9.17) is 9.40 Å². The Morgan fingerprint density at radius 3 is 1.94 bits per heavy atom. The topological polar surface area (TPSA) is 38.9 Å². The maximum atomic E-state index is 6.79. The van der Waals surface area contributed by atoms with Crippen molar-refractivity contribution in [2.75, 3.05) is 0 Å². The van der Waals surface area contributed by atoms with E-state index in [-0.39, 0.29) is 0 Å². The van der Waals surface area contributed by atoms with Crippen molar-refractivity contribution in [1.82, 2.24) is 9.97 Å². The van der Waals surface area contributed by atoms with Gasteiger partial charge >= 0.3 is 0 Å². The number of pyridine rings is 2. The number of rotatable bonds is 2. The van der Waals surface area contributed by atoms with Crippen LogP contribution in [0.2, 0.25) is 0 Å². The van der Waals surface area contributed by atoms with Crippen molar-refractivity contribution in [3.05, 3.63) is 158 Å². The standard InChI is InChI=1S/C46H26N2O/c1-3-14-31-27(10-1)20-21-40-42(31)43-32-15-4-2-11-29(32)25-38(46(43)49-40)28-12-9-13-30(24-28)44-37-22-23-47-26-39(37)41-35-18-7-5-16-33(35)34-17-6-8-19-36(34)45(41)48-44/h1-26H. The Kier molecular flexibility index (Phi) is 5.38. The SMILES string of the molecule is c1cc(-c2nc3c4ccccc4c4ccccc4c3c3cnccc23)cc(-c2cc3ccccc3c3c2oc2ccc4ccccc4c23)c1. The van der Waals surface area contributed by atoms with Gasteiger partial charge in [-0.25, -0.2) is 4.98 Å². The predicted molar refractivity (Wildman–Crippen MR) is 205 cm³/mol. The van der Waals surface area contributed by atoms with Crippen LogP contribution in [0.25, 0.3) is 109 Å². The van der Waals surface area contributed by atoms with Crippen molar-refractivity contribution in [2.45, 2.75) is 0 Å². The number of aromatic nitrogens is 2. The summed E-state index contributed by atoms with van der Waals surface area (Å²) in [6.07, 6.45) is 3.87. The van der Waals surface area contributed by atoms with Gasteiger partial charge in [-0.15, -0.1) is 0 Å². The first-order chi connectivity index (χ1) is 24.3. The van der Waals surface area contributed by atoms with Gasteiger partial charge in [0.1, 0.15) is 11.2 Å². The molecule has 0 aliphatic carbocycles. The molecule has 11 rings (SSSR count). The van der Waals surface area contributed by atoms with Crippen molar-refractivity contribution < 1.29 is 4.42 Å². The van der Waals surface area contributed by atoms with Gasteiger partial charge < -0.3 is 4.42 Å². The Bertz CT molecular complexity index is 3170. The molecule has 0 N–H and O–H groups in total. The molecule has 0 fully saturated rings. The maximum absolute atomic E-state index is 6.79. The van der Waals surface area contributed by atoms with E-state index < -0.39 is 0 Å². The predicted octanol–water partition coefficient (Wildman–Crippen LogP) is 12.6. The third-order valence-corrected chi connectivity index (χ3v) is 10.3. The maximum Gasteiger partial charge on any atom is 0.143 e. The molecule has 0 saturated heterocycles. The summed E-state index contributed by atoms with van der Waals surface area (Å²) in [5.41, 5.74) is 6.95. The van der Waals surface area contributed by atoms with Gasteiger partial charge in [-0.1, -0.05) is 121 Å². The minimum absolute atomic E-state index is 0.899. The summed E-state index contributed by atoms with van der Waals surface area (Å²) in [4.78, 5) is 10.1. The summed E-state index contributed by atoms with van der Waals surface area (Å²) in [7, 11) is 0. The summed E-state index contributed by atoms with van der Waals surface area (Å²) in [6.45, 7) is 0. The van der Waals surface area contributed by atoms with E-state index in [1.54, 1.807) is 0 Å². The van der Waals surface area contributed by atoms with E-state index in [9.17, 15) is 0 Å². The summed E-state index contributed by atoms with van der Waals surface area (Å²) >= 11 is 0. The normalized spacial score (nSPS) is 12.1. The quantitative estimate of drug-likeness (QED) is 0.180. The molecule has 0 atom stereocenters. The average Bonchev–Trinajstić information content (AvgIpc) is 3.58. The van der Waals surface area contributed by atoms with Crippen molar-refractivity contribution >= 4 is 86.7 Å². The number of benzene rings is 8. The second-order valence-electron chi connectivity index (χ2n) is 12.9. The van der Waals surface area contributed by atoms with Crippen LogP contribution >= 0.6 is 0 Å². The minimum atomic E-state index is 0.899. The molecule has 3 aromatic heterocycles. The number of hydrogen-bond acceptors (Lipinski definition) is 3. The fourth-order valence-electron chi connectivity index (χ4n) is 8.14. The molecule has 49 heavy (non-hydrogen) atoms. The largest absolute Gasteiger partial charge is 0.455 e. The summed E-state index contributed by atoms with van der Waals surface area (Å²) in [5, 5.41) is 15.2. The Morgan fingerprint density at radius 1 is 0.429 bits per heavy atom. The monoisotopic (exact) mass is 622 g/mol. The number of hydrogen-bond donors (Lipinski definition) is 0. The molecule has 226 valence electrons. The highest BCUT2D eigenvalue weighted by molar-refractivity contribution is 6.32. The van der Waals surface area contributed by atoms with Crippen LogP contribution in [0.5, 0.6) is 0 Å². The highest BCUT2D eigenvalue weighted by Gasteiger charge is 2.20. The molecule has 0 aliphatic rings. The van der Waals surface area contributed by atoms with Crippen molar-refractivity contribution in [3.8, 4) is 22.4 Å². The Labute approximate surface area is 280 Å². The first-order valence-corrected chi connectivity index (χ1v) is 16.7. The minimum Gasteiger partial charge on any atom is -0.455 e. The molecular formula is C46H26N2O. The summed E-state index contributed by atoms with van der Waals surface area (Å²) in [5.74, 6) is 0. The van der Waals surface area contributed by atoms with E-state index >= 15 is 0 Å². The lowest BCUT2D eigenvalue weighted by Crippen LogP contribution is -1.93. The Hall–Kier alpha value is -6.58. The average molecular weight is 623 g/mol. The zero-order chi connectivity index (χ0) is 32.1. The van der Waals surface area contributed by atoms with E-state index in [0.717, 1.165) is 71.4 Å². The van der Waals surface area contributed by atoms with Gasteiger partial charge in [0.15, 0.2) is 0 Å². The van der Waals surface area contributed by atoms with Crippen molar-refractivity contribution in [1.29, 1.82) is 0 Å². The molecule has 11 aromatic rings. The molecule has 0 spiro atoms.